The van der Waals surface area contributed by atoms with Gasteiger partial charge in [0.15, 0.2) is 5.82 Å². The van der Waals surface area contributed by atoms with E-state index in [0.29, 0.717) is 31.0 Å². The van der Waals surface area contributed by atoms with Gasteiger partial charge in [0, 0.05) is 53.0 Å². The lowest BCUT2D eigenvalue weighted by molar-refractivity contribution is 0.187. The van der Waals surface area contributed by atoms with Crippen LogP contribution >= 0.6 is 0 Å². The predicted molar refractivity (Wildman–Crippen MR) is 163 cm³/mol. The Kier molecular flexibility index (Phi) is 10.5. The van der Waals surface area contributed by atoms with Crippen LogP contribution in [0, 0.1) is 18.6 Å². The molecule has 2 aromatic carbocycles. The number of benzene rings is 2. The van der Waals surface area contributed by atoms with Gasteiger partial charge in [-0.1, -0.05) is 38.1 Å². The molecule has 1 unspecified atom stereocenters. The van der Waals surface area contributed by atoms with Gasteiger partial charge in [-0.15, -0.1) is 0 Å². The molecule has 10 heteroatoms. The third-order valence-corrected chi connectivity index (χ3v) is 7.80. The molecular formula is C32H42F2N6O2. The summed E-state index contributed by atoms with van der Waals surface area (Å²) in [5.74, 6) is 0.815. The fourth-order valence-corrected chi connectivity index (χ4v) is 5.59. The quantitative estimate of drug-likeness (QED) is 0.323. The summed E-state index contributed by atoms with van der Waals surface area (Å²) in [6.45, 7) is 12.0. The number of halogens is 2. The van der Waals surface area contributed by atoms with Crippen molar-refractivity contribution in [1.29, 1.82) is 0 Å². The third kappa shape index (κ3) is 6.71. The van der Waals surface area contributed by atoms with Crippen LogP contribution in [0.15, 0.2) is 53.3 Å². The maximum atomic E-state index is 13.7. The summed E-state index contributed by atoms with van der Waals surface area (Å²) >= 11 is 0. The zero-order valence-electron chi connectivity index (χ0n) is 25.5. The molecule has 2 aliphatic rings. The summed E-state index contributed by atoms with van der Waals surface area (Å²) in [5.41, 5.74) is 3.01. The standard InChI is InChI=1S/C26H28F2N6O.C4H8O.C2H6/c1-16-15-33(23(18-5-9-20(27)10-6-18)19-7-11-21(28)12-8-19)13-14-34(16)24-22-25(31(3)17(2)29-22)32(4)26(35)30-24;1-2-4-5-3-1;1-2/h5-12,16,23H,13-15H2,1-4H3;1-4H2;1-2H3. The Balaban J connectivity index is 0.000000516. The van der Waals surface area contributed by atoms with Crippen molar-refractivity contribution < 1.29 is 13.5 Å². The Morgan fingerprint density at radius 2 is 1.40 bits per heavy atom. The number of hydrogen-bond donors (Lipinski definition) is 0. The third-order valence-electron chi connectivity index (χ3n) is 7.80. The van der Waals surface area contributed by atoms with Crippen LogP contribution in [0.5, 0.6) is 0 Å². The average Bonchev–Trinajstić information content (AvgIpc) is 3.67. The van der Waals surface area contributed by atoms with Gasteiger partial charge in [0.1, 0.15) is 28.6 Å². The molecule has 4 aromatic rings. The van der Waals surface area contributed by atoms with Crippen molar-refractivity contribution in [2.24, 2.45) is 14.1 Å². The largest absolute Gasteiger partial charge is 0.381 e. The Labute approximate surface area is 246 Å². The number of aromatic nitrogens is 4. The molecule has 8 nitrogen and oxygen atoms in total. The molecule has 2 aliphatic heterocycles. The van der Waals surface area contributed by atoms with Gasteiger partial charge < -0.3 is 14.2 Å². The molecule has 0 saturated carbocycles. The zero-order chi connectivity index (χ0) is 30.4. The van der Waals surface area contributed by atoms with Crippen LogP contribution in [0.2, 0.25) is 0 Å². The Hall–Kier alpha value is -3.63. The van der Waals surface area contributed by atoms with E-state index < -0.39 is 0 Å². The Morgan fingerprint density at radius 1 is 0.857 bits per heavy atom. The van der Waals surface area contributed by atoms with Gasteiger partial charge in [-0.05, 0) is 62.1 Å². The highest BCUT2D eigenvalue weighted by molar-refractivity contribution is 5.84. The van der Waals surface area contributed by atoms with E-state index in [4.69, 9.17) is 9.72 Å². The molecule has 2 aromatic heterocycles. The van der Waals surface area contributed by atoms with Crippen molar-refractivity contribution >= 4 is 17.0 Å². The van der Waals surface area contributed by atoms with E-state index in [1.54, 1.807) is 31.3 Å². The van der Waals surface area contributed by atoms with Gasteiger partial charge in [-0.25, -0.2) is 18.6 Å². The van der Waals surface area contributed by atoms with Crippen molar-refractivity contribution in [1.82, 2.24) is 24.0 Å². The van der Waals surface area contributed by atoms with E-state index in [2.05, 4.69) is 21.7 Å². The first-order valence-electron chi connectivity index (χ1n) is 14.7. The maximum absolute atomic E-state index is 13.7. The highest BCUT2D eigenvalue weighted by Crippen LogP contribution is 2.33. The number of ether oxygens (including phenoxy) is 1. The van der Waals surface area contributed by atoms with E-state index >= 15 is 0 Å². The molecule has 0 amide bonds. The Bertz CT molecular complexity index is 1460. The molecule has 4 heterocycles. The fraction of sp³-hybridized carbons (Fsp3) is 0.469. The van der Waals surface area contributed by atoms with Crippen LogP contribution in [0.25, 0.3) is 11.2 Å². The van der Waals surface area contributed by atoms with Gasteiger partial charge in [0.25, 0.3) is 0 Å². The van der Waals surface area contributed by atoms with E-state index in [1.165, 1.54) is 41.7 Å². The Morgan fingerprint density at radius 3 is 1.88 bits per heavy atom. The number of fused-ring (bicyclic) bond motifs is 1. The van der Waals surface area contributed by atoms with Gasteiger partial charge in [-0.2, -0.15) is 4.98 Å². The van der Waals surface area contributed by atoms with E-state index in [0.717, 1.165) is 35.8 Å². The van der Waals surface area contributed by atoms with Crippen LogP contribution in [0.3, 0.4) is 0 Å². The molecule has 42 heavy (non-hydrogen) atoms. The van der Waals surface area contributed by atoms with Crippen molar-refractivity contribution in [3.63, 3.8) is 0 Å². The molecule has 0 aliphatic carbocycles. The summed E-state index contributed by atoms with van der Waals surface area (Å²) in [6.07, 6.45) is 2.56. The van der Waals surface area contributed by atoms with Crippen molar-refractivity contribution in [3.8, 4) is 0 Å². The minimum atomic E-state index is -0.319. The minimum absolute atomic E-state index is 0.0252. The van der Waals surface area contributed by atoms with Gasteiger partial charge in [-0.3, -0.25) is 9.47 Å². The smallest absolute Gasteiger partial charge is 0.350 e. The molecular weight excluding hydrogens is 538 g/mol. The normalized spacial score (nSPS) is 17.2. The van der Waals surface area contributed by atoms with Crippen molar-refractivity contribution in [2.45, 2.75) is 52.6 Å². The van der Waals surface area contributed by atoms with Gasteiger partial charge in [0.2, 0.25) is 0 Å². The topological polar surface area (TPSA) is 68.4 Å². The average molecular weight is 581 g/mol. The van der Waals surface area contributed by atoms with Crippen LogP contribution in [-0.2, 0) is 18.8 Å². The molecule has 6 rings (SSSR count). The fourth-order valence-electron chi connectivity index (χ4n) is 5.59. The van der Waals surface area contributed by atoms with Gasteiger partial charge in [0.05, 0.1) is 6.04 Å². The second kappa shape index (κ2) is 14.0. The number of piperazine rings is 1. The molecule has 0 radical (unpaired) electrons. The second-order valence-electron chi connectivity index (χ2n) is 10.5. The molecule has 2 fully saturated rings. The molecule has 226 valence electrons. The first-order valence-corrected chi connectivity index (χ1v) is 14.7. The summed E-state index contributed by atoms with van der Waals surface area (Å²) < 4.78 is 35.7. The van der Waals surface area contributed by atoms with Crippen molar-refractivity contribution in [3.05, 3.63) is 87.6 Å². The lowest BCUT2D eigenvalue weighted by Crippen LogP contribution is -2.53. The summed E-state index contributed by atoms with van der Waals surface area (Å²) in [4.78, 5) is 26.2. The molecule has 2 saturated heterocycles. The highest BCUT2D eigenvalue weighted by atomic mass is 19.1. The van der Waals surface area contributed by atoms with E-state index in [-0.39, 0.29) is 29.4 Å². The minimum Gasteiger partial charge on any atom is -0.381 e. The first-order chi connectivity index (χ1) is 20.2. The van der Waals surface area contributed by atoms with Crippen LogP contribution in [0.4, 0.5) is 14.6 Å². The molecule has 1 atom stereocenters. The molecule has 0 bridgehead atoms. The van der Waals surface area contributed by atoms with Crippen LogP contribution in [-0.4, -0.2) is 62.9 Å². The molecule has 0 spiro atoms. The lowest BCUT2D eigenvalue weighted by Gasteiger charge is -2.44. The monoisotopic (exact) mass is 580 g/mol. The summed E-state index contributed by atoms with van der Waals surface area (Å²) in [5, 5.41) is 0. The van der Waals surface area contributed by atoms with Crippen LogP contribution < -0.4 is 10.6 Å². The predicted octanol–water partition coefficient (Wildman–Crippen LogP) is 5.38. The van der Waals surface area contributed by atoms with Crippen molar-refractivity contribution in [2.75, 3.05) is 37.7 Å². The lowest BCUT2D eigenvalue weighted by atomic mass is 9.95. The van der Waals surface area contributed by atoms with E-state index in [9.17, 15) is 13.6 Å². The maximum Gasteiger partial charge on any atom is 0.350 e. The number of imidazole rings is 1. The first kappa shape index (κ1) is 31.3. The summed E-state index contributed by atoms with van der Waals surface area (Å²) in [6, 6.07) is 12.8. The number of nitrogens with zero attached hydrogens (tertiary/aromatic N) is 6. The second-order valence-corrected chi connectivity index (χ2v) is 10.5. The number of rotatable bonds is 4. The van der Waals surface area contributed by atoms with Gasteiger partial charge >= 0.3 is 5.69 Å². The van der Waals surface area contributed by atoms with E-state index in [1.807, 2.05) is 32.4 Å². The zero-order valence-corrected chi connectivity index (χ0v) is 25.5. The SMILES string of the molecule is C1CCOC1.CC.Cc1nc2c(N3CCN(C(c4ccc(F)cc4)c4ccc(F)cc4)CC3C)nc(=O)n(C)c2n1C. The molecule has 0 N–H and O–H groups in total. The number of anilines is 1. The number of hydrogen-bond acceptors (Lipinski definition) is 6. The summed E-state index contributed by atoms with van der Waals surface area (Å²) in [7, 11) is 3.60. The highest BCUT2D eigenvalue weighted by Gasteiger charge is 2.33. The van der Waals surface area contributed by atoms with Crippen LogP contribution in [0.1, 0.15) is 56.6 Å². The number of aryl methyl sites for hydroxylation is 3.